The number of fused-ring (bicyclic) bond motifs is 1. The molecule has 0 aliphatic carbocycles. The molecule has 0 saturated carbocycles. The summed E-state index contributed by atoms with van der Waals surface area (Å²) in [5.74, 6) is 0.0871. The van der Waals surface area contributed by atoms with Gasteiger partial charge in [0.25, 0.3) is 0 Å². The van der Waals surface area contributed by atoms with Gasteiger partial charge in [0.2, 0.25) is 5.69 Å². The van der Waals surface area contributed by atoms with Crippen LogP contribution < -0.4 is 9.67 Å². The Balaban J connectivity index is 2.53. The fourth-order valence-corrected chi connectivity index (χ4v) is 1.30. The molecule has 0 spiro atoms. The quantitative estimate of drug-likeness (QED) is 0.490. The van der Waals surface area contributed by atoms with Gasteiger partial charge in [-0.1, -0.05) is 12.1 Å². The van der Waals surface area contributed by atoms with Crippen molar-refractivity contribution in [2.45, 2.75) is 13.0 Å². The highest BCUT2D eigenvalue weighted by molar-refractivity contribution is 5.42. The third kappa shape index (κ3) is 1.11. The van der Waals surface area contributed by atoms with Crippen molar-refractivity contribution in [1.82, 2.24) is 0 Å². The molecule has 2 rings (SSSR count). The van der Waals surface area contributed by atoms with Crippen molar-refractivity contribution >= 4 is 6.08 Å². The average molecular weight is 147 g/mol. The van der Waals surface area contributed by atoms with Crippen LogP contribution in [0.25, 0.3) is 6.08 Å². The second-order valence-corrected chi connectivity index (χ2v) is 2.67. The molecule has 0 amide bonds. The fourth-order valence-electron chi connectivity index (χ4n) is 1.30. The molecule has 0 N–H and O–H groups in total. The van der Waals surface area contributed by atoms with Gasteiger partial charge in [0, 0.05) is 18.6 Å². The van der Waals surface area contributed by atoms with Gasteiger partial charge in [-0.05, 0) is 5.75 Å². The van der Waals surface area contributed by atoms with E-state index in [9.17, 15) is 5.11 Å². The van der Waals surface area contributed by atoms with Crippen molar-refractivity contribution < 1.29 is 9.67 Å². The Labute approximate surface area is 65.4 Å². The maximum absolute atomic E-state index is 10.9. The monoisotopic (exact) mass is 147 g/mol. The maximum Gasteiger partial charge on any atom is 0.204 e. The minimum Gasteiger partial charge on any atom is -0.868 e. The highest BCUT2D eigenvalue weighted by atomic mass is 16.3. The van der Waals surface area contributed by atoms with Gasteiger partial charge in [-0.15, -0.1) is 0 Å². The predicted octanol–water partition coefficient (Wildman–Crippen LogP) is 0.465. The van der Waals surface area contributed by atoms with Gasteiger partial charge in [-0.25, -0.2) is 0 Å². The summed E-state index contributed by atoms with van der Waals surface area (Å²) in [5.41, 5.74) is 1.12. The molecule has 0 radical (unpaired) electrons. The van der Waals surface area contributed by atoms with E-state index in [4.69, 9.17) is 0 Å². The van der Waals surface area contributed by atoms with Crippen LogP contribution in [0.15, 0.2) is 24.4 Å². The van der Waals surface area contributed by atoms with Crippen LogP contribution in [0.2, 0.25) is 0 Å². The van der Waals surface area contributed by atoms with Crippen molar-refractivity contribution in [2.24, 2.45) is 0 Å². The van der Waals surface area contributed by atoms with Crippen molar-refractivity contribution in [1.29, 1.82) is 0 Å². The van der Waals surface area contributed by atoms with Crippen LogP contribution in [0.4, 0.5) is 0 Å². The van der Waals surface area contributed by atoms with Crippen LogP contribution in [0.5, 0.6) is 5.75 Å². The molecule has 0 bridgehead atoms. The fraction of sp³-hybridized carbons (Fsp3) is 0.222. The molecule has 11 heavy (non-hydrogen) atoms. The van der Waals surface area contributed by atoms with Gasteiger partial charge >= 0.3 is 0 Å². The van der Waals surface area contributed by atoms with Gasteiger partial charge < -0.3 is 5.11 Å². The van der Waals surface area contributed by atoms with E-state index >= 15 is 0 Å². The lowest BCUT2D eigenvalue weighted by Gasteiger charge is -2.07. The second-order valence-electron chi connectivity index (χ2n) is 2.67. The summed E-state index contributed by atoms with van der Waals surface area (Å²) in [7, 11) is 0. The van der Waals surface area contributed by atoms with E-state index in [0.717, 1.165) is 18.7 Å². The first-order valence-corrected chi connectivity index (χ1v) is 3.73. The Kier molecular flexibility index (Phi) is 1.39. The lowest BCUT2D eigenvalue weighted by molar-refractivity contribution is -0.701. The lowest BCUT2D eigenvalue weighted by atomic mass is 10.2. The van der Waals surface area contributed by atoms with Gasteiger partial charge in [0.05, 0.1) is 0 Å². The van der Waals surface area contributed by atoms with E-state index in [-0.39, 0.29) is 5.75 Å². The Hall–Kier alpha value is -1.31. The summed E-state index contributed by atoms with van der Waals surface area (Å²) in [5, 5.41) is 10.9. The molecule has 1 aliphatic heterocycles. The Morgan fingerprint density at radius 2 is 2.27 bits per heavy atom. The second kappa shape index (κ2) is 2.38. The molecule has 2 nitrogen and oxygen atoms in total. The van der Waals surface area contributed by atoms with Crippen LogP contribution >= 0.6 is 0 Å². The van der Waals surface area contributed by atoms with Gasteiger partial charge in [-0.2, -0.15) is 4.57 Å². The topological polar surface area (TPSA) is 26.9 Å². The summed E-state index contributed by atoms with van der Waals surface area (Å²) in [6, 6.07) is 3.46. The number of hydrogen-bond donors (Lipinski definition) is 0. The highest BCUT2D eigenvalue weighted by Gasteiger charge is 2.08. The number of allylic oxidation sites excluding steroid dienone is 1. The van der Waals surface area contributed by atoms with Gasteiger partial charge in [-0.3, -0.25) is 0 Å². The first-order valence-electron chi connectivity index (χ1n) is 3.73. The van der Waals surface area contributed by atoms with E-state index in [0.29, 0.717) is 0 Å². The third-order valence-corrected chi connectivity index (χ3v) is 1.86. The molecule has 0 atom stereocenters. The smallest absolute Gasteiger partial charge is 0.204 e. The standard InChI is InChI=1S/C9H9NO/c11-9-5-4-8-3-1-2-6-10(8)7-9/h1,3-5,7H,2,6H2. The third-order valence-electron chi connectivity index (χ3n) is 1.86. The Morgan fingerprint density at radius 1 is 1.36 bits per heavy atom. The average Bonchev–Trinajstić information content (AvgIpc) is 2.04. The largest absolute Gasteiger partial charge is 0.868 e. The van der Waals surface area contributed by atoms with Crippen LogP contribution in [0.3, 0.4) is 0 Å². The Bertz CT molecular complexity index is 304. The van der Waals surface area contributed by atoms with Crippen molar-refractivity contribution in [3.63, 3.8) is 0 Å². The number of hydrogen-bond acceptors (Lipinski definition) is 1. The minimum absolute atomic E-state index is 0.0871. The first kappa shape index (κ1) is 6.40. The van der Waals surface area contributed by atoms with E-state index in [2.05, 4.69) is 6.08 Å². The molecule has 0 aromatic carbocycles. The Morgan fingerprint density at radius 3 is 3.18 bits per heavy atom. The summed E-state index contributed by atoms with van der Waals surface area (Å²) < 4.78 is 1.99. The molecule has 0 fully saturated rings. The SMILES string of the molecule is [O-]c1ccc2[n+](c1)CCC=C2. The molecule has 1 aliphatic rings. The molecule has 1 aromatic heterocycles. The summed E-state index contributed by atoms with van der Waals surface area (Å²) in [6.07, 6.45) is 6.85. The summed E-state index contributed by atoms with van der Waals surface area (Å²) in [4.78, 5) is 0. The van der Waals surface area contributed by atoms with E-state index in [1.54, 1.807) is 12.3 Å². The van der Waals surface area contributed by atoms with Crippen molar-refractivity contribution in [3.8, 4) is 5.75 Å². The highest BCUT2D eigenvalue weighted by Crippen LogP contribution is 2.07. The van der Waals surface area contributed by atoms with E-state index in [1.807, 2.05) is 16.7 Å². The molecule has 56 valence electrons. The minimum atomic E-state index is 0.0871. The number of rotatable bonds is 0. The van der Waals surface area contributed by atoms with Gasteiger partial charge in [0.1, 0.15) is 0 Å². The molecular weight excluding hydrogens is 138 g/mol. The molecule has 0 saturated heterocycles. The van der Waals surface area contributed by atoms with E-state index in [1.165, 1.54) is 0 Å². The summed E-state index contributed by atoms with van der Waals surface area (Å²) >= 11 is 0. The van der Waals surface area contributed by atoms with Crippen molar-refractivity contribution in [3.05, 3.63) is 30.1 Å². The first-order chi connectivity index (χ1) is 5.36. The lowest BCUT2D eigenvalue weighted by Crippen LogP contribution is -2.38. The number of aryl methyl sites for hydroxylation is 1. The zero-order chi connectivity index (χ0) is 7.68. The normalized spacial score (nSPS) is 14.5. The zero-order valence-electron chi connectivity index (χ0n) is 6.16. The zero-order valence-corrected chi connectivity index (χ0v) is 6.16. The molecule has 1 aromatic rings. The molecule has 0 unspecified atom stereocenters. The summed E-state index contributed by atoms with van der Waals surface area (Å²) in [6.45, 7) is 0.932. The molecule has 2 heterocycles. The maximum atomic E-state index is 10.9. The number of aromatic nitrogens is 1. The van der Waals surface area contributed by atoms with Gasteiger partial charge in [0.15, 0.2) is 12.7 Å². The predicted molar refractivity (Wildman–Crippen MR) is 39.7 cm³/mol. The van der Waals surface area contributed by atoms with Crippen LogP contribution in [-0.4, -0.2) is 0 Å². The van der Waals surface area contributed by atoms with Crippen LogP contribution in [0, 0.1) is 0 Å². The van der Waals surface area contributed by atoms with Crippen molar-refractivity contribution in [2.75, 3.05) is 0 Å². The van der Waals surface area contributed by atoms with Crippen LogP contribution in [0.1, 0.15) is 12.1 Å². The molecule has 2 heteroatoms. The number of nitrogens with zero attached hydrogens (tertiary/aromatic N) is 1. The molecular formula is C9H9NO. The van der Waals surface area contributed by atoms with Crippen LogP contribution in [-0.2, 0) is 6.54 Å². The van der Waals surface area contributed by atoms with E-state index < -0.39 is 0 Å². The number of pyridine rings is 1.